The minimum absolute atomic E-state index is 0.0531. The average Bonchev–Trinajstić information content (AvgIpc) is 2.59. The molecule has 0 aliphatic carbocycles. The fraction of sp³-hybridized carbons (Fsp3) is 0.167. The Balaban J connectivity index is 2.34. The Bertz CT molecular complexity index is 449. The summed E-state index contributed by atoms with van der Waals surface area (Å²) in [6.45, 7) is 1.92. The molecule has 4 heteroatoms. The standard InChI is InChI=1S/C12H11NO3/c1-2-4-8-5-3-6-10(16-8)11-9(14)7-13-12(11)15/h2-6H,7H2,1H3,(H,13,15)/b4-2+,11-10+. The van der Waals surface area contributed by atoms with Gasteiger partial charge in [0, 0.05) is 0 Å². The van der Waals surface area contributed by atoms with Crippen LogP contribution in [0.3, 0.4) is 0 Å². The molecule has 2 heterocycles. The summed E-state index contributed by atoms with van der Waals surface area (Å²) in [5, 5.41) is 2.47. The SMILES string of the molecule is C/C=C/C1=CC=C/C(=C2/C(=O)CNC2=O)O1. The van der Waals surface area contributed by atoms with Gasteiger partial charge in [-0.2, -0.15) is 0 Å². The zero-order chi connectivity index (χ0) is 11.5. The molecule has 1 saturated heterocycles. The molecule has 2 rings (SSSR count). The van der Waals surface area contributed by atoms with Crippen molar-refractivity contribution in [2.24, 2.45) is 0 Å². The van der Waals surface area contributed by atoms with E-state index in [1.165, 1.54) is 0 Å². The third kappa shape index (κ3) is 1.82. The van der Waals surface area contributed by atoms with E-state index in [-0.39, 0.29) is 23.8 Å². The van der Waals surface area contributed by atoms with Crippen molar-refractivity contribution in [1.29, 1.82) is 0 Å². The van der Waals surface area contributed by atoms with Gasteiger partial charge in [-0.3, -0.25) is 9.59 Å². The Morgan fingerprint density at radius 3 is 2.88 bits per heavy atom. The highest BCUT2D eigenvalue weighted by Gasteiger charge is 2.30. The molecule has 1 fully saturated rings. The number of Topliss-reactive ketones (excluding diaryl/α,β-unsaturated/α-hetero) is 1. The number of ether oxygens (including phenoxy) is 1. The van der Waals surface area contributed by atoms with Crippen LogP contribution in [0.5, 0.6) is 0 Å². The minimum Gasteiger partial charge on any atom is -0.456 e. The van der Waals surface area contributed by atoms with Gasteiger partial charge in [0.25, 0.3) is 5.91 Å². The van der Waals surface area contributed by atoms with Crippen molar-refractivity contribution in [3.63, 3.8) is 0 Å². The fourth-order valence-corrected chi connectivity index (χ4v) is 1.53. The van der Waals surface area contributed by atoms with Gasteiger partial charge in [0.15, 0.2) is 5.78 Å². The lowest BCUT2D eigenvalue weighted by Crippen LogP contribution is -2.15. The molecule has 0 spiro atoms. The van der Waals surface area contributed by atoms with Crippen LogP contribution in [0.1, 0.15) is 6.92 Å². The number of rotatable bonds is 1. The Labute approximate surface area is 93.0 Å². The first-order valence-electron chi connectivity index (χ1n) is 4.97. The number of hydrogen-bond acceptors (Lipinski definition) is 3. The van der Waals surface area contributed by atoms with E-state index >= 15 is 0 Å². The van der Waals surface area contributed by atoms with Gasteiger partial charge in [-0.05, 0) is 25.2 Å². The van der Waals surface area contributed by atoms with Crippen LogP contribution in [0.25, 0.3) is 0 Å². The lowest BCUT2D eigenvalue weighted by Gasteiger charge is -2.11. The van der Waals surface area contributed by atoms with Crippen LogP contribution < -0.4 is 5.32 Å². The minimum atomic E-state index is -0.369. The highest BCUT2D eigenvalue weighted by Crippen LogP contribution is 2.21. The van der Waals surface area contributed by atoms with Crippen LogP contribution in [0, 0.1) is 0 Å². The second kappa shape index (κ2) is 4.18. The quantitative estimate of drug-likeness (QED) is 0.526. The van der Waals surface area contributed by atoms with E-state index < -0.39 is 0 Å². The number of allylic oxidation sites excluding steroid dienone is 5. The summed E-state index contributed by atoms with van der Waals surface area (Å²) in [6, 6.07) is 0. The second-order valence-electron chi connectivity index (χ2n) is 3.38. The van der Waals surface area contributed by atoms with Gasteiger partial charge in [0.05, 0.1) is 6.54 Å². The zero-order valence-electron chi connectivity index (χ0n) is 8.82. The van der Waals surface area contributed by atoms with E-state index in [0.717, 1.165) is 0 Å². The van der Waals surface area contributed by atoms with E-state index in [1.807, 2.05) is 13.0 Å². The molecule has 0 saturated carbocycles. The van der Waals surface area contributed by atoms with Gasteiger partial charge in [-0.15, -0.1) is 0 Å². The Morgan fingerprint density at radius 1 is 1.44 bits per heavy atom. The Kier molecular flexibility index (Phi) is 2.72. The molecule has 0 bridgehead atoms. The summed E-state index contributed by atoms with van der Waals surface area (Å²) in [5.41, 5.74) is 0.103. The Morgan fingerprint density at radius 2 is 2.25 bits per heavy atom. The smallest absolute Gasteiger partial charge is 0.259 e. The molecule has 16 heavy (non-hydrogen) atoms. The van der Waals surface area contributed by atoms with Crippen LogP contribution >= 0.6 is 0 Å². The summed E-state index contributed by atoms with van der Waals surface area (Å²) < 4.78 is 5.44. The molecule has 1 amide bonds. The molecule has 0 radical (unpaired) electrons. The lowest BCUT2D eigenvalue weighted by molar-refractivity contribution is -0.117. The fourth-order valence-electron chi connectivity index (χ4n) is 1.53. The number of ketones is 1. The van der Waals surface area contributed by atoms with Gasteiger partial charge in [-0.25, -0.2) is 0 Å². The maximum Gasteiger partial charge on any atom is 0.259 e. The average molecular weight is 217 g/mol. The normalized spacial score (nSPS) is 24.7. The largest absolute Gasteiger partial charge is 0.456 e. The number of amides is 1. The molecule has 0 aromatic rings. The maximum atomic E-state index is 11.5. The summed E-state index contributed by atoms with van der Waals surface area (Å²) >= 11 is 0. The van der Waals surface area contributed by atoms with Crippen molar-refractivity contribution in [2.75, 3.05) is 6.54 Å². The lowest BCUT2D eigenvalue weighted by atomic mass is 10.1. The highest BCUT2D eigenvalue weighted by molar-refractivity contribution is 6.25. The van der Waals surface area contributed by atoms with Crippen molar-refractivity contribution in [3.8, 4) is 0 Å². The van der Waals surface area contributed by atoms with Crippen molar-refractivity contribution in [1.82, 2.24) is 5.32 Å². The molecule has 0 atom stereocenters. The molecule has 82 valence electrons. The topological polar surface area (TPSA) is 55.4 Å². The molecule has 0 aromatic carbocycles. The number of carbonyl (C=O) groups excluding carboxylic acids is 2. The van der Waals surface area contributed by atoms with Crippen LogP contribution in [0.2, 0.25) is 0 Å². The van der Waals surface area contributed by atoms with E-state index in [2.05, 4.69) is 5.32 Å². The molecular formula is C12H11NO3. The number of nitrogens with one attached hydrogen (secondary N) is 1. The zero-order valence-corrected chi connectivity index (χ0v) is 8.82. The van der Waals surface area contributed by atoms with Gasteiger partial charge < -0.3 is 10.1 Å². The van der Waals surface area contributed by atoms with Crippen LogP contribution in [-0.2, 0) is 14.3 Å². The van der Waals surface area contributed by atoms with Crippen LogP contribution in [0.4, 0.5) is 0 Å². The van der Waals surface area contributed by atoms with Crippen molar-refractivity contribution < 1.29 is 14.3 Å². The second-order valence-corrected chi connectivity index (χ2v) is 3.38. The third-order valence-electron chi connectivity index (χ3n) is 2.23. The first-order chi connectivity index (χ1) is 7.72. The maximum absolute atomic E-state index is 11.5. The van der Waals surface area contributed by atoms with Gasteiger partial charge in [0.2, 0.25) is 0 Å². The molecular weight excluding hydrogens is 206 g/mol. The summed E-state index contributed by atoms with van der Waals surface area (Å²) in [5.74, 6) is 0.327. The predicted molar refractivity (Wildman–Crippen MR) is 58.2 cm³/mol. The summed E-state index contributed by atoms with van der Waals surface area (Å²) in [7, 11) is 0. The Hall–Kier alpha value is -2.10. The van der Waals surface area contributed by atoms with E-state index in [4.69, 9.17) is 4.74 Å². The van der Waals surface area contributed by atoms with Gasteiger partial charge in [0.1, 0.15) is 17.1 Å². The molecule has 2 aliphatic rings. The number of carbonyl (C=O) groups is 2. The summed E-state index contributed by atoms with van der Waals surface area (Å²) in [4.78, 5) is 22.9. The van der Waals surface area contributed by atoms with Gasteiger partial charge in [-0.1, -0.05) is 12.2 Å². The van der Waals surface area contributed by atoms with E-state index in [1.54, 1.807) is 24.3 Å². The molecule has 4 nitrogen and oxygen atoms in total. The predicted octanol–water partition coefficient (Wildman–Crippen LogP) is 0.986. The van der Waals surface area contributed by atoms with Crippen molar-refractivity contribution in [2.45, 2.75) is 6.92 Å². The first-order valence-corrected chi connectivity index (χ1v) is 4.97. The first kappa shape index (κ1) is 10.4. The highest BCUT2D eigenvalue weighted by atomic mass is 16.5. The van der Waals surface area contributed by atoms with Crippen LogP contribution in [-0.4, -0.2) is 18.2 Å². The van der Waals surface area contributed by atoms with Crippen molar-refractivity contribution >= 4 is 11.7 Å². The third-order valence-corrected chi connectivity index (χ3v) is 2.23. The molecule has 2 aliphatic heterocycles. The summed E-state index contributed by atoms with van der Waals surface area (Å²) in [6.07, 6.45) is 8.72. The molecule has 0 aromatic heterocycles. The molecule has 0 unspecified atom stereocenters. The van der Waals surface area contributed by atoms with Gasteiger partial charge >= 0.3 is 0 Å². The van der Waals surface area contributed by atoms with E-state index in [0.29, 0.717) is 11.5 Å². The van der Waals surface area contributed by atoms with Crippen LogP contribution in [0.15, 0.2) is 47.5 Å². The number of hydrogen-bond donors (Lipinski definition) is 1. The van der Waals surface area contributed by atoms with E-state index in [9.17, 15) is 9.59 Å². The monoisotopic (exact) mass is 217 g/mol. The molecule has 1 N–H and O–H groups in total. The van der Waals surface area contributed by atoms with Crippen molar-refractivity contribution in [3.05, 3.63) is 47.5 Å².